The molecule has 1 saturated carbocycles. The van der Waals surface area contributed by atoms with Crippen molar-refractivity contribution in [2.75, 3.05) is 0 Å². The van der Waals surface area contributed by atoms with Gasteiger partial charge < -0.3 is 15.3 Å². The number of nitro groups is 1. The van der Waals surface area contributed by atoms with Gasteiger partial charge >= 0.3 is 11.9 Å². The first-order chi connectivity index (χ1) is 7.45. The summed E-state index contributed by atoms with van der Waals surface area (Å²) in [6.45, 7) is 0. The van der Waals surface area contributed by atoms with Crippen molar-refractivity contribution in [3.63, 3.8) is 0 Å². The van der Waals surface area contributed by atoms with Crippen LogP contribution in [-0.2, 0) is 10.2 Å². The van der Waals surface area contributed by atoms with Crippen molar-refractivity contribution in [1.29, 1.82) is 0 Å². The Morgan fingerprint density at radius 3 is 2.62 bits per heavy atom. The molecule has 86 valence electrons. The second-order valence-corrected chi connectivity index (χ2v) is 3.95. The summed E-state index contributed by atoms with van der Waals surface area (Å²) in [5, 5.41) is 19.5. The molecule has 7 nitrogen and oxygen atoms in total. The second kappa shape index (κ2) is 3.31. The predicted octanol–water partition coefficient (Wildman–Crippen LogP) is 0.631. The zero-order valence-corrected chi connectivity index (χ0v) is 8.25. The molecule has 1 aliphatic carbocycles. The topological polar surface area (TPSA) is 120 Å². The number of carboxylic acid groups (broad SMARTS) is 1. The highest BCUT2D eigenvalue weighted by atomic mass is 16.6. The average molecular weight is 226 g/mol. The molecule has 1 fully saturated rings. The molecule has 0 amide bonds. The van der Waals surface area contributed by atoms with E-state index >= 15 is 0 Å². The second-order valence-electron chi connectivity index (χ2n) is 3.95. The minimum atomic E-state index is -1.19. The van der Waals surface area contributed by atoms with Gasteiger partial charge in [-0.05, 0) is 18.9 Å². The Balaban J connectivity index is 2.34. The minimum absolute atomic E-state index is 0.105. The van der Waals surface area contributed by atoms with E-state index in [1.54, 1.807) is 0 Å². The number of aliphatic carboxylic acids is 1. The third-order valence-electron chi connectivity index (χ3n) is 2.87. The van der Waals surface area contributed by atoms with Gasteiger partial charge in [0.15, 0.2) is 0 Å². The molecule has 1 aromatic rings. The molecule has 0 aromatic carbocycles. The first-order valence-electron chi connectivity index (χ1n) is 4.69. The third kappa shape index (κ3) is 1.36. The van der Waals surface area contributed by atoms with E-state index in [2.05, 4.69) is 0 Å². The summed E-state index contributed by atoms with van der Waals surface area (Å²) in [5.41, 5.74) is 4.37. The Morgan fingerprint density at radius 1 is 1.62 bits per heavy atom. The van der Waals surface area contributed by atoms with Crippen LogP contribution in [0.5, 0.6) is 0 Å². The van der Waals surface area contributed by atoms with Crippen LogP contribution in [0.1, 0.15) is 18.6 Å². The normalized spacial score (nSPS) is 28.4. The zero-order valence-electron chi connectivity index (χ0n) is 8.25. The number of hydrogen-bond acceptors (Lipinski definition) is 5. The van der Waals surface area contributed by atoms with Crippen LogP contribution in [0.15, 0.2) is 16.5 Å². The van der Waals surface area contributed by atoms with Crippen LogP contribution < -0.4 is 5.73 Å². The quantitative estimate of drug-likeness (QED) is 0.576. The van der Waals surface area contributed by atoms with Gasteiger partial charge in [-0.3, -0.25) is 14.9 Å². The van der Waals surface area contributed by atoms with Crippen molar-refractivity contribution >= 4 is 11.9 Å². The first-order valence-corrected chi connectivity index (χ1v) is 4.69. The highest BCUT2D eigenvalue weighted by Crippen LogP contribution is 2.44. The van der Waals surface area contributed by atoms with Gasteiger partial charge in [0.05, 0.1) is 6.07 Å². The summed E-state index contributed by atoms with van der Waals surface area (Å²) in [4.78, 5) is 20.9. The molecule has 0 bridgehead atoms. The number of nitrogens with two attached hydrogens (primary N) is 1. The summed E-state index contributed by atoms with van der Waals surface area (Å²) >= 11 is 0. The van der Waals surface area contributed by atoms with Gasteiger partial charge in [0.1, 0.15) is 16.1 Å². The maximum absolute atomic E-state index is 11.1. The van der Waals surface area contributed by atoms with Crippen molar-refractivity contribution in [2.24, 2.45) is 5.73 Å². The Labute approximate surface area is 90.0 Å². The fourth-order valence-electron chi connectivity index (χ4n) is 2.00. The Bertz CT molecular complexity index is 447. The highest BCUT2D eigenvalue weighted by molar-refractivity contribution is 5.82. The van der Waals surface area contributed by atoms with E-state index in [1.165, 1.54) is 6.07 Å². The van der Waals surface area contributed by atoms with E-state index in [1.807, 2.05) is 0 Å². The van der Waals surface area contributed by atoms with E-state index in [9.17, 15) is 14.9 Å². The lowest BCUT2D eigenvalue weighted by Crippen LogP contribution is -2.53. The average Bonchev–Trinajstić information content (AvgIpc) is 2.60. The fourth-order valence-corrected chi connectivity index (χ4v) is 2.00. The van der Waals surface area contributed by atoms with E-state index in [-0.39, 0.29) is 24.6 Å². The first kappa shape index (κ1) is 10.6. The minimum Gasteiger partial charge on any atom is -0.480 e. The van der Waals surface area contributed by atoms with Crippen molar-refractivity contribution in [3.8, 4) is 0 Å². The molecule has 0 saturated heterocycles. The maximum Gasteiger partial charge on any atom is 0.433 e. The molecule has 0 spiro atoms. The van der Waals surface area contributed by atoms with Gasteiger partial charge in [0.25, 0.3) is 0 Å². The van der Waals surface area contributed by atoms with Crippen molar-refractivity contribution in [3.05, 3.63) is 28.0 Å². The number of furan rings is 1. The monoisotopic (exact) mass is 226 g/mol. The van der Waals surface area contributed by atoms with Crippen LogP contribution in [0.25, 0.3) is 0 Å². The smallest absolute Gasteiger partial charge is 0.433 e. The van der Waals surface area contributed by atoms with Crippen molar-refractivity contribution < 1.29 is 19.2 Å². The van der Waals surface area contributed by atoms with E-state index < -0.39 is 22.2 Å². The fraction of sp³-hybridized carbons (Fsp3) is 0.444. The Kier molecular flexibility index (Phi) is 2.20. The molecule has 1 heterocycles. The summed E-state index contributed by atoms with van der Waals surface area (Å²) in [7, 11) is 0. The van der Waals surface area contributed by atoms with Crippen LogP contribution in [0.4, 0.5) is 5.88 Å². The van der Waals surface area contributed by atoms with Crippen molar-refractivity contribution in [2.45, 2.75) is 24.3 Å². The molecule has 7 heteroatoms. The Hall–Kier alpha value is -1.89. The summed E-state index contributed by atoms with van der Waals surface area (Å²) in [5.74, 6) is -1.40. The molecule has 0 aliphatic heterocycles. The number of rotatable bonds is 3. The van der Waals surface area contributed by atoms with Crippen LogP contribution in [-0.4, -0.2) is 22.0 Å². The van der Waals surface area contributed by atoms with Crippen LogP contribution in [0.3, 0.4) is 0 Å². The largest absolute Gasteiger partial charge is 0.480 e. The number of carbonyl (C=O) groups is 1. The van der Waals surface area contributed by atoms with E-state index in [0.29, 0.717) is 0 Å². The summed E-state index contributed by atoms with van der Waals surface area (Å²) in [6, 6.07) is 2.29. The zero-order chi connectivity index (χ0) is 11.9. The molecular formula is C9H10N2O5. The van der Waals surface area contributed by atoms with E-state index in [4.69, 9.17) is 15.3 Å². The lowest BCUT2D eigenvalue weighted by molar-refractivity contribution is -0.402. The Morgan fingerprint density at radius 2 is 2.25 bits per heavy atom. The molecule has 0 unspecified atom stereocenters. The summed E-state index contributed by atoms with van der Waals surface area (Å²) in [6.07, 6.45) is 0.486. The van der Waals surface area contributed by atoms with E-state index in [0.717, 1.165) is 6.07 Å². The van der Waals surface area contributed by atoms with Gasteiger partial charge in [-0.25, -0.2) is 0 Å². The lowest BCUT2D eigenvalue weighted by atomic mass is 9.64. The molecular weight excluding hydrogens is 216 g/mol. The summed E-state index contributed by atoms with van der Waals surface area (Å²) < 4.78 is 4.93. The van der Waals surface area contributed by atoms with Crippen LogP contribution >= 0.6 is 0 Å². The third-order valence-corrected chi connectivity index (χ3v) is 2.87. The highest BCUT2D eigenvalue weighted by Gasteiger charge is 2.53. The van der Waals surface area contributed by atoms with Gasteiger partial charge in [-0.15, -0.1) is 0 Å². The number of carboxylic acids is 1. The standard InChI is InChI=1S/C9H10N2O5/c10-5-3-9(4-5,8(12)13)6-1-2-7(16-6)11(14)15/h1-2,5H,3-4,10H2,(H,12,13). The van der Waals surface area contributed by atoms with Crippen LogP contribution in [0, 0.1) is 10.1 Å². The molecule has 1 aliphatic rings. The molecule has 2 rings (SSSR count). The molecule has 0 radical (unpaired) electrons. The lowest BCUT2D eigenvalue weighted by Gasteiger charge is -2.40. The van der Waals surface area contributed by atoms with Gasteiger partial charge in [0.2, 0.25) is 0 Å². The molecule has 16 heavy (non-hydrogen) atoms. The SMILES string of the molecule is NC1CC(C(=O)O)(c2ccc([N+](=O)[O-])o2)C1. The van der Waals surface area contributed by atoms with Crippen LogP contribution in [0.2, 0.25) is 0 Å². The molecule has 0 atom stereocenters. The van der Waals surface area contributed by atoms with Gasteiger partial charge in [-0.1, -0.05) is 0 Å². The van der Waals surface area contributed by atoms with Gasteiger partial charge in [-0.2, -0.15) is 0 Å². The molecule has 1 aromatic heterocycles. The molecule has 3 N–H and O–H groups in total. The predicted molar refractivity (Wildman–Crippen MR) is 51.9 cm³/mol. The number of hydrogen-bond donors (Lipinski definition) is 2. The number of nitrogens with zero attached hydrogens (tertiary/aromatic N) is 1. The van der Waals surface area contributed by atoms with Gasteiger partial charge in [0, 0.05) is 6.04 Å². The maximum atomic E-state index is 11.1. The van der Waals surface area contributed by atoms with Crippen molar-refractivity contribution in [1.82, 2.24) is 0 Å².